The Morgan fingerprint density at radius 2 is 2.05 bits per heavy atom. The summed E-state index contributed by atoms with van der Waals surface area (Å²) in [5.41, 5.74) is 4.13. The van der Waals surface area contributed by atoms with Crippen LogP contribution in [0.4, 0.5) is 14.9 Å². The molecule has 0 aromatic heterocycles. The van der Waals surface area contributed by atoms with Gasteiger partial charge in [-0.2, -0.15) is 10.5 Å². The first-order valence-electron chi connectivity index (χ1n) is 4.81. The van der Waals surface area contributed by atoms with Crippen LogP contribution < -0.4 is 16.4 Å². The van der Waals surface area contributed by atoms with E-state index in [9.17, 15) is 9.18 Å². The highest BCUT2D eigenvalue weighted by Crippen LogP contribution is 2.21. The van der Waals surface area contributed by atoms with Gasteiger partial charge in [-0.15, -0.1) is 0 Å². The Kier molecular flexibility index (Phi) is 4.69. The second kappa shape index (κ2) is 6.24. The minimum atomic E-state index is -0.920. The molecule has 19 heavy (non-hydrogen) atoms. The summed E-state index contributed by atoms with van der Waals surface area (Å²) in [5.74, 6) is -0.810. The Bertz CT molecular complexity index is 629. The fourth-order valence-corrected chi connectivity index (χ4v) is 1.25. The van der Waals surface area contributed by atoms with E-state index in [0.717, 1.165) is 0 Å². The molecule has 2 amide bonds. The summed E-state index contributed by atoms with van der Waals surface area (Å²) in [6, 6.07) is 6.15. The third-order valence-electron chi connectivity index (χ3n) is 1.94. The molecule has 1 rings (SSSR count). The van der Waals surface area contributed by atoms with Crippen LogP contribution in [0.15, 0.2) is 29.6 Å². The number of amides is 2. The molecule has 0 aliphatic carbocycles. The lowest BCUT2D eigenvalue weighted by molar-refractivity contribution is 0.254. The molecule has 0 spiro atoms. The van der Waals surface area contributed by atoms with Gasteiger partial charge in [0.2, 0.25) is 0 Å². The van der Waals surface area contributed by atoms with Crippen molar-refractivity contribution in [1.29, 1.82) is 10.5 Å². The van der Waals surface area contributed by atoms with Gasteiger partial charge in [0.05, 0.1) is 10.7 Å². The fraction of sp³-hybridized carbons (Fsp3) is 0. The standard InChI is InChI=1S/C11H7ClFN5O/c12-6-2-1-3-8(10(6)13)17-11(19)18-9(5-15)7(16)4-14/h1-3H,16H2,(H2,17,18,19)/b9-7-. The number of nitriles is 2. The summed E-state index contributed by atoms with van der Waals surface area (Å²) in [7, 11) is 0. The molecule has 0 aliphatic heterocycles. The Balaban J connectivity index is 2.86. The molecule has 0 saturated carbocycles. The number of carbonyl (C=O) groups is 1. The van der Waals surface area contributed by atoms with Gasteiger partial charge in [-0.05, 0) is 12.1 Å². The van der Waals surface area contributed by atoms with Crippen molar-refractivity contribution in [3.05, 3.63) is 40.4 Å². The average Bonchev–Trinajstić information content (AvgIpc) is 2.40. The molecule has 96 valence electrons. The molecule has 0 aliphatic rings. The molecule has 0 fully saturated rings. The Morgan fingerprint density at radius 3 is 2.63 bits per heavy atom. The van der Waals surface area contributed by atoms with E-state index in [2.05, 4.69) is 5.32 Å². The highest BCUT2D eigenvalue weighted by Gasteiger charge is 2.12. The van der Waals surface area contributed by atoms with E-state index in [1.807, 2.05) is 5.32 Å². The van der Waals surface area contributed by atoms with Crippen LogP contribution in [-0.2, 0) is 0 Å². The second-order valence-electron chi connectivity index (χ2n) is 3.19. The van der Waals surface area contributed by atoms with Crippen molar-refractivity contribution in [2.45, 2.75) is 0 Å². The van der Waals surface area contributed by atoms with Gasteiger partial charge in [0, 0.05) is 0 Å². The molecular weight excluding hydrogens is 273 g/mol. The molecule has 0 unspecified atom stereocenters. The van der Waals surface area contributed by atoms with Crippen LogP contribution in [0.5, 0.6) is 0 Å². The monoisotopic (exact) mass is 279 g/mol. The number of anilines is 1. The molecular formula is C11H7ClFN5O. The molecule has 1 aromatic rings. The predicted octanol–water partition coefficient (Wildman–Crippen LogP) is 1.82. The smallest absolute Gasteiger partial charge is 0.324 e. The summed E-state index contributed by atoms with van der Waals surface area (Å²) in [6.07, 6.45) is 0. The van der Waals surface area contributed by atoms with Gasteiger partial charge in [-0.25, -0.2) is 9.18 Å². The van der Waals surface area contributed by atoms with Gasteiger partial charge in [0.1, 0.15) is 17.8 Å². The number of allylic oxidation sites excluding steroid dienone is 2. The highest BCUT2D eigenvalue weighted by molar-refractivity contribution is 6.31. The Hall–Kier alpha value is -2.77. The van der Waals surface area contributed by atoms with Crippen LogP contribution >= 0.6 is 11.6 Å². The number of benzene rings is 1. The lowest BCUT2D eigenvalue weighted by Crippen LogP contribution is -2.29. The maximum atomic E-state index is 13.5. The van der Waals surface area contributed by atoms with Gasteiger partial charge in [0.25, 0.3) is 0 Å². The van der Waals surface area contributed by atoms with E-state index >= 15 is 0 Å². The van der Waals surface area contributed by atoms with E-state index in [1.54, 1.807) is 0 Å². The number of carbonyl (C=O) groups excluding carboxylic acids is 1. The summed E-state index contributed by atoms with van der Waals surface area (Å²) in [6.45, 7) is 0. The predicted molar refractivity (Wildman–Crippen MR) is 66.0 cm³/mol. The lowest BCUT2D eigenvalue weighted by atomic mass is 10.3. The van der Waals surface area contributed by atoms with Crippen molar-refractivity contribution < 1.29 is 9.18 Å². The van der Waals surface area contributed by atoms with Crippen molar-refractivity contribution in [2.75, 3.05) is 5.32 Å². The van der Waals surface area contributed by atoms with Crippen LogP contribution in [0.2, 0.25) is 5.02 Å². The third kappa shape index (κ3) is 3.60. The fourth-order valence-electron chi connectivity index (χ4n) is 1.08. The zero-order valence-corrected chi connectivity index (χ0v) is 10.1. The number of nitrogens with one attached hydrogen (secondary N) is 2. The zero-order chi connectivity index (χ0) is 14.4. The van der Waals surface area contributed by atoms with E-state index in [0.29, 0.717) is 0 Å². The third-order valence-corrected chi connectivity index (χ3v) is 2.23. The first kappa shape index (κ1) is 14.3. The molecule has 0 bridgehead atoms. The average molecular weight is 280 g/mol. The molecule has 0 radical (unpaired) electrons. The molecule has 0 saturated heterocycles. The topological polar surface area (TPSA) is 115 Å². The first-order valence-corrected chi connectivity index (χ1v) is 5.19. The number of hydrogen-bond donors (Lipinski definition) is 3. The van der Waals surface area contributed by atoms with Crippen LogP contribution in [0, 0.1) is 28.5 Å². The maximum absolute atomic E-state index is 13.5. The van der Waals surface area contributed by atoms with Crippen molar-refractivity contribution in [2.24, 2.45) is 5.73 Å². The summed E-state index contributed by atoms with van der Waals surface area (Å²) < 4.78 is 13.5. The highest BCUT2D eigenvalue weighted by atomic mass is 35.5. The Morgan fingerprint density at radius 1 is 1.37 bits per heavy atom. The Labute approximate surface area is 112 Å². The number of nitrogens with zero attached hydrogens (tertiary/aromatic N) is 2. The van der Waals surface area contributed by atoms with E-state index in [4.69, 9.17) is 27.9 Å². The largest absolute Gasteiger partial charge is 0.388 e. The molecule has 6 nitrogen and oxygen atoms in total. The number of nitrogens with two attached hydrogens (primary N) is 1. The van der Waals surface area contributed by atoms with Crippen LogP contribution in [0.1, 0.15) is 0 Å². The van der Waals surface area contributed by atoms with Crippen LogP contribution in [-0.4, -0.2) is 6.03 Å². The van der Waals surface area contributed by atoms with Crippen LogP contribution in [0.25, 0.3) is 0 Å². The summed E-state index contributed by atoms with van der Waals surface area (Å²) >= 11 is 5.53. The number of urea groups is 1. The molecule has 8 heteroatoms. The van der Waals surface area contributed by atoms with Crippen molar-refractivity contribution in [1.82, 2.24) is 5.32 Å². The number of halogens is 2. The van der Waals surface area contributed by atoms with Gasteiger partial charge >= 0.3 is 6.03 Å². The van der Waals surface area contributed by atoms with Gasteiger partial charge in [0.15, 0.2) is 11.5 Å². The van der Waals surface area contributed by atoms with Crippen molar-refractivity contribution >= 4 is 23.3 Å². The summed E-state index contributed by atoms with van der Waals surface area (Å²) in [5, 5.41) is 21.1. The minimum Gasteiger partial charge on any atom is -0.388 e. The minimum absolute atomic E-state index is 0.162. The quantitative estimate of drug-likeness (QED) is 0.716. The van der Waals surface area contributed by atoms with E-state index < -0.39 is 23.2 Å². The molecule has 1 aromatic carbocycles. The van der Waals surface area contributed by atoms with Crippen molar-refractivity contribution in [3.8, 4) is 12.1 Å². The van der Waals surface area contributed by atoms with E-state index in [-0.39, 0.29) is 10.7 Å². The SMILES string of the molecule is N#C/C(N)=C(\C#N)NC(=O)Nc1cccc(Cl)c1F. The van der Waals surface area contributed by atoms with Gasteiger partial charge < -0.3 is 11.1 Å². The zero-order valence-electron chi connectivity index (χ0n) is 9.37. The van der Waals surface area contributed by atoms with E-state index in [1.165, 1.54) is 30.3 Å². The summed E-state index contributed by atoms with van der Waals surface area (Å²) in [4.78, 5) is 11.5. The maximum Gasteiger partial charge on any atom is 0.324 e. The molecule has 0 atom stereocenters. The number of hydrogen-bond acceptors (Lipinski definition) is 4. The molecule has 0 heterocycles. The number of rotatable bonds is 2. The van der Waals surface area contributed by atoms with Gasteiger partial charge in [-0.3, -0.25) is 5.32 Å². The van der Waals surface area contributed by atoms with Crippen molar-refractivity contribution in [3.63, 3.8) is 0 Å². The normalized spacial score (nSPS) is 10.7. The van der Waals surface area contributed by atoms with Crippen LogP contribution in [0.3, 0.4) is 0 Å². The first-order chi connectivity index (χ1) is 8.99. The lowest BCUT2D eigenvalue weighted by Gasteiger charge is -2.08. The second-order valence-corrected chi connectivity index (χ2v) is 3.60. The van der Waals surface area contributed by atoms with Gasteiger partial charge in [-0.1, -0.05) is 17.7 Å². The molecule has 4 N–H and O–H groups in total.